The molecule has 1 aliphatic carbocycles. The van der Waals surface area contributed by atoms with E-state index >= 15 is 0 Å². The maximum atomic E-state index is 3.65. The number of hydrogen-bond acceptors (Lipinski definition) is 1. The highest BCUT2D eigenvalue weighted by Crippen LogP contribution is 2.44. The molecule has 3 unspecified atom stereocenters. The van der Waals surface area contributed by atoms with Crippen LogP contribution >= 0.6 is 0 Å². The van der Waals surface area contributed by atoms with E-state index in [4.69, 9.17) is 0 Å². The van der Waals surface area contributed by atoms with Gasteiger partial charge in [0, 0.05) is 0 Å². The standard InChI is InChI=1S/C17H35N/c1-6-10-18-13-15-8-9-17(4,5)12-16(15)11-14(3)7-2/h14-16,18H,6-13H2,1-5H3. The quantitative estimate of drug-likeness (QED) is 0.639. The van der Waals surface area contributed by atoms with E-state index in [1.165, 1.54) is 51.6 Å². The van der Waals surface area contributed by atoms with E-state index in [9.17, 15) is 0 Å². The summed E-state index contributed by atoms with van der Waals surface area (Å²) in [6.45, 7) is 14.4. The van der Waals surface area contributed by atoms with Gasteiger partial charge in [-0.05, 0) is 68.4 Å². The Labute approximate surface area is 115 Å². The zero-order chi connectivity index (χ0) is 13.6. The lowest BCUT2D eigenvalue weighted by Crippen LogP contribution is -2.36. The van der Waals surface area contributed by atoms with Crippen LogP contribution in [0.2, 0.25) is 0 Å². The summed E-state index contributed by atoms with van der Waals surface area (Å²) < 4.78 is 0. The summed E-state index contributed by atoms with van der Waals surface area (Å²) in [6.07, 6.45) is 8.34. The normalized spacial score (nSPS) is 29.2. The molecule has 0 aliphatic heterocycles. The Morgan fingerprint density at radius 1 is 1.22 bits per heavy atom. The first-order valence-corrected chi connectivity index (χ1v) is 8.19. The van der Waals surface area contributed by atoms with Gasteiger partial charge >= 0.3 is 0 Å². The molecular formula is C17H35N. The van der Waals surface area contributed by atoms with Gasteiger partial charge in [-0.3, -0.25) is 0 Å². The van der Waals surface area contributed by atoms with E-state index in [1.807, 2.05) is 0 Å². The summed E-state index contributed by atoms with van der Waals surface area (Å²) in [4.78, 5) is 0. The first kappa shape index (κ1) is 16.0. The largest absolute Gasteiger partial charge is 0.316 e. The molecule has 108 valence electrons. The van der Waals surface area contributed by atoms with Crippen LogP contribution < -0.4 is 5.32 Å². The maximum absolute atomic E-state index is 3.65. The molecule has 0 saturated heterocycles. The summed E-state index contributed by atoms with van der Waals surface area (Å²) in [5.41, 5.74) is 0.583. The highest BCUT2D eigenvalue weighted by Gasteiger charge is 2.34. The lowest BCUT2D eigenvalue weighted by atomic mass is 9.65. The second-order valence-corrected chi connectivity index (χ2v) is 7.38. The zero-order valence-corrected chi connectivity index (χ0v) is 13.4. The molecule has 0 aromatic rings. The van der Waals surface area contributed by atoms with E-state index in [0.717, 1.165) is 17.8 Å². The van der Waals surface area contributed by atoms with Crippen LogP contribution in [0.1, 0.15) is 73.1 Å². The van der Waals surface area contributed by atoms with Crippen LogP contribution in [0.15, 0.2) is 0 Å². The second kappa shape index (κ2) is 7.53. The minimum absolute atomic E-state index is 0.583. The molecule has 0 aromatic carbocycles. The third kappa shape index (κ3) is 5.30. The lowest BCUT2D eigenvalue weighted by Gasteiger charge is -2.42. The Morgan fingerprint density at radius 2 is 1.94 bits per heavy atom. The molecule has 1 heteroatoms. The molecule has 0 radical (unpaired) electrons. The van der Waals surface area contributed by atoms with Crippen molar-refractivity contribution in [2.75, 3.05) is 13.1 Å². The fourth-order valence-electron chi connectivity index (χ4n) is 3.48. The van der Waals surface area contributed by atoms with Crippen molar-refractivity contribution in [1.29, 1.82) is 0 Å². The fraction of sp³-hybridized carbons (Fsp3) is 1.00. The predicted octanol–water partition coefficient (Wildman–Crippen LogP) is 4.86. The fourth-order valence-corrected chi connectivity index (χ4v) is 3.48. The molecule has 0 aromatic heterocycles. The Morgan fingerprint density at radius 3 is 2.56 bits per heavy atom. The van der Waals surface area contributed by atoms with Crippen LogP contribution in [0.25, 0.3) is 0 Å². The average molecular weight is 253 g/mol. The van der Waals surface area contributed by atoms with Gasteiger partial charge in [-0.1, -0.05) is 41.0 Å². The molecule has 3 atom stereocenters. The van der Waals surface area contributed by atoms with Gasteiger partial charge in [-0.2, -0.15) is 0 Å². The molecule has 0 spiro atoms. The Kier molecular flexibility index (Phi) is 6.70. The molecule has 0 amide bonds. The van der Waals surface area contributed by atoms with Crippen LogP contribution in [0, 0.1) is 23.2 Å². The third-order valence-electron chi connectivity index (χ3n) is 4.91. The summed E-state index contributed by atoms with van der Waals surface area (Å²) in [7, 11) is 0. The van der Waals surface area contributed by atoms with Crippen LogP contribution in [0.4, 0.5) is 0 Å². The average Bonchev–Trinajstić information content (AvgIpc) is 2.31. The van der Waals surface area contributed by atoms with Gasteiger partial charge in [0.25, 0.3) is 0 Å². The molecule has 1 aliphatic rings. The van der Waals surface area contributed by atoms with Crippen LogP contribution in [0.5, 0.6) is 0 Å². The van der Waals surface area contributed by atoms with E-state index in [-0.39, 0.29) is 0 Å². The molecule has 0 bridgehead atoms. The minimum Gasteiger partial charge on any atom is -0.316 e. The van der Waals surface area contributed by atoms with E-state index in [2.05, 4.69) is 39.9 Å². The third-order valence-corrected chi connectivity index (χ3v) is 4.91. The van der Waals surface area contributed by atoms with Crippen LogP contribution in [-0.4, -0.2) is 13.1 Å². The molecule has 1 fully saturated rings. The van der Waals surface area contributed by atoms with Gasteiger partial charge in [0.05, 0.1) is 0 Å². The molecular weight excluding hydrogens is 218 g/mol. The van der Waals surface area contributed by atoms with Gasteiger partial charge in [0.15, 0.2) is 0 Å². The van der Waals surface area contributed by atoms with E-state index < -0.39 is 0 Å². The molecule has 18 heavy (non-hydrogen) atoms. The van der Waals surface area contributed by atoms with Crippen molar-refractivity contribution in [3.63, 3.8) is 0 Å². The highest BCUT2D eigenvalue weighted by atomic mass is 14.9. The van der Waals surface area contributed by atoms with E-state index in [0.29, 0.717) is 5.41 Å². The first-order valence-electron chi connectivity index (χ1n) is 8.19. The van der Waals surface area contributed by atoms with Gasteiger partial charge in [-0.15, -0.1) is 0 Å². The number of hydrogen-bond donors (Lipinski definition) is 1. The highest BCUT2D eigenvalue weighted by molar-refractivity contribution is 4.86. The molecule has 1 nitrogen and oxygen atoms in total. The molecule has 1 saturated carbocycles. The number of nitrogens with one attached hydrogen (secondary N) is 1. The summed E-state index contributed by atoms with van der Waals surface area (Å²) >= 11 is 0. The van der Waals surface area contributed by atoms with Gasteiger partial charge in [0.1, 0.15) is 0 Å². The summed E-state index contributed by atoms with van der Waals surface area (Å²) in [5.74, 6) is 2.78. The predicted molar refractivity (Wildman–Crippen MR) is 81.8 cm³/mol. The monoisotopic (exact) mass is 253 g/mol. The van der Waals surface area contributed by atoms with Crippen molar-refractivity contribution in [3.8, 4) is 0 Å². The van der Waals surface area contributed by atoms with Crippen molar-refractivity contribution in [3.05, 3.63) is 0 Å². The minimum atomic E-state index is 0.583. The topological polar surface area (TPSA) is 12.0 Å². The smallest absolute Gasteiger partial charge is 0.00179 e. The molecule has 1 N–H and O–H groups in total. The summed E-state index contributed by atoms with van der Waals surface area (Å²) in [5, 5.41) is 3.65. The van der Waals surface area contributed by atoms with Crippen molar-refractivity contribution in [2.45, 2.75) is 73.1 Å². The van der Waals surface area contributed by atoms with Gasteiger partial charge < -0.3 is 5.32 Å². The van der Waals surface area contributed by atoms with Gasteiger partial charge in [0.2, 0.25) is 0 Å². The Hall–Kier alpha value is -0.0400. The number of rotatable bonds is 7. The Balaban J connectivity index is 2.51. The van der Waals surface area contributed by atoms with Gasteiger partial charge in [-0.25, -0.2) is 0 Å². The SMILES string of the molecule is CCCNCC1CCC(C)(C)CC1CC(C)CC. The van der Waals surface area contributed by atoms with Crippen molar-refractivity contribution in [1.82, 2.24) is 5.32 Å². The van der Waals surface area contributed by atoms with Crippen LogP contribution in [0.3, 0.4) is 0 Å². The van der Waals surface area contributed by atoms with Crippen molar-refractivity contribution >= 4 is 0 Å². The first-order chi connectivity index (χ1) is 8.48. The zero-order valence-electron chi connectivity index (χ0n) is 13.4. The van der Waals surface area contributed by atoms with Crippen molar-refractivity contribution in [2.24, 2.45) is 23.2 Å². The van der Waals surface area contributed by atoms with Crippen molar-refractivity contribution < 1.29 is 0 Å². The maximum Gasteiger partial charge on any atom is -0.00179 e. The second-order valence-electron chi connectivity index (χ2n) is 7.38. The Bertz CT molecular complexity index is 222. The van der Waals surface area contributed by atoms with Crippen LogP contribution in [-0.2, 0) is 0 Å². The summed E-state index contributed by atoms with van der Waals surface area (Å²) in [6, 6.07) is 0. The lowest BCUT2D eigenvalue weighted by molar-refractivity contribution is 0.0983. The molecule has 1 rings (SSSR count). The molecule has 0 heterocycles. The van der Waals surface area contributed by atoms with E-state index in [1.54, 1.807) is 0 Å².